The van der Waals surface area contributed by atoms with Crippen molar-refractivity contribution in [3.05, 3.63) is 35.4 Å². The maximum absolute atomic E-state index is 8.94. The highest BCUT2D eigenvalue weighted by Gasteiger charge is 2.01. The molecule has 0 bridgehead atoms. The largest absolute Gasteiger partial charge is 0.392 e. The number of thioether (sulfide) groups is 1. The van der Waals surface area contributed by atoms with E-state index in [0.717, 1.165) is 16.9 Å². The van der Waals surface area contributed by atoms with Crippen molar-refractivity contribution in [3.8, 4) is 0 Å². The molecule has 1 atom stereocenters. The van der Waals surface area contributed by atoms with Crippen LogP contribution in [0.1, 0.15) is 18.1 Å². The molecule has 1 unspecified atom stereocenters. The highest BCUT2D eigenvalue weighted by molar-refractivity contribution is 8.13. The molecule has 0 saturated heterocycles. The number of benzene rings is 1. The molecule has 0 saturated carbocycles. The van der Waals surface area contributed by atoms with Crippen LogP contribution in [0, 0.1) is 0 Å². The van der Waals surface area contributed by atoms with E-state index in [-0.39, 0.29) is 25.1 Å². The van der Waals surface area contributed by atoms with E-state index in [2.05, 4.69) is 4.99 Å². The van der Waals surface area contributed by atoms with Crippen molar-refractivity contribution in [1.82, 2.24) is 0 Å². The summed E-state index contributed by atoms with van der Waals surface area (Å²) in [5, 5.41) is 9.51. The monoisotopic (exact) mass is 304 g/mol. The lowest BCUT2D eigenvalue weighted by Crippen LogP contribution is -2.15. The zero-order chi connectivity index (χ0) is 13.4. The second-order valence-corrected chi connectivity index (χ2v) is 5.03. The molecule has 6 heteroatoms. The van der Waals surface area contributed by atoms with Gasteiger partial charge in [-0.2, -0.15) is 0 Å². The average Bonchev–Trinajstić information content (AvgIpc) is 2.37. The lowest BCUT2D eigenvalue weighted by atomic mass is 10.2. The first-order chi connectivity index (χ1) is 8.65. The summed E-state index contributed by atoms with van der Waals surface area (Å²) in [6, 6.07) is 7.89. The molecule has 19 heavy (non-hydrogen) atoms. The smallest absolute Gasteiger partial charge is 0.154 e. The predicted molar refractivity (Wildman–Crippen MR) is 83.9 cm³/mol. The van der Waals surface area contributed by atoms with Crippen LogP contribution in [-0.2, 0) is 17.1 Å². The van der Waals surface area contributed by atoms with Crippen molar-refractivity contribution in [2.75, 3.05) is 13.7 Å². The van der Waals surface area contributed by atoms with Gasteiger partial charge in [0.25, 0.3) is 0 Å². The molecule has 0 radical (unpaired) electrons. The van der Waals surface area contributed by atoms with Crippen LogP contribution in [-0.4, -0.2) is 30.0 Å². The molecule has 0 fully saturated rings. The van der Waals surface area contributed by atoms with Crippen LogP contribution in [0.3, 0.4) is 0 Å². The van der Waals surface area contributed by atoms with Crippen molar-refractivity contribution in [2.24, 2.45) is 10.7 Å². The van der Waals surface area contributed by atoms with Gasteiger partial charge in [-0.1, -0.05) is 36.0 Å². The van der Waals surface area contributed by atoms with Crippen LogP contribution in [0.15, 0.2) is 29.3 Å². The van der Waals surface area contributed by atoms with Gasteiger partial charge in [-0.15, -0.1) is 12.4 Å². The van der Waals surface area contributed by atoms with E-state index in [9.17, 15) is 0 Å². The van der Waals surface area contributed by atoms with Gasteiger partial charge < -0.3 is 15.6 Å². The first-order valence-corrected chi connectivity index (χ1v) is 6.78. The van der Waals surface area contributed by atoms with Crippen LogP contribution < -0.4 is 5.73 Å². The third-order valence-electron chi connectivity index (χ3n) is 2.35. The Kier molecular flexibility index (Phi) is 9.69. The van der Waals surface area contributed by atoms with Gasteiger partial charge in [-0.3, -0.25) is 4.99 Å². The molecule has 108 valence electrons. The Morgan fingerprint density at radius 2 is 1.95 bits per heavy atom. The van der Waals surface area contributed by atoms with Crippen LogP contribution in [0.2, 0.25) is 0 Å². The molecular weight excluding hydrogens is 284 g/mol. The first-order valence-electron chi connectivity index (χ1n) is 5.79. The standard InChI is InChI=1S/C13H20N2O2S.ClH/c1-10(8-17-2)15-13(14)18-9-12-5-3-11(7-16)4-6-12;/h3-6,10,16H,7-9H2,1-2H3,(H2,14,15);1H. The quantitative estimate of drug-likeness (QED) is 0.624. The van der Waals surface area contributed by atoms with Gasteiger partial charge in [-0.25, -0.2) is 0 Å². The SMILES string of the molecule is COCC(C)N=C(N)SCc1ccc(CO)cc1.Cl. The zero-order valence-corrected chi connectivity index (χ0v) is 12.8. The number of amidine groups is 1. The lowest BCUT2D eigenvalue weighted by Gasteiger charge is -2.07. The Labute approximate surface area is 124 Å². The van der Waals surface area contributed by atoms with Gasteiger partial charge in [-0.05, 0) is 18.1 Å². The fraction of sp³-hybridized carbons (Fsp3) is 0.462. The van der Waals surface area contributed by atoms with Crippen LogP contribution in [0.5, 0.6) is 0 Å². The van der Waals surface area contributed by atoms with Crippen molar-refractivity contribution < 1.29 is 9.84 Å². The average molecular weight is 305 g/mol. The Hall–Kier alpha value is -0.750. The van der Waals surface area contributed by atoms with Crippen molar-refractivity contribution >= 4 is 29.3 Å². The maximum atomic E-state index is 8.94. The van der Waals surface area contributed by atoms with Crippen LogP contribution >= 0.6 is 24.2 Å². The molecule has 4 nitrogen and oxygen atoms in total. The van der Waals surface area contributed by atoms with E-state index in [1.54, 1.807) is 7.11 Å². The number of hydrogen-bond donors (Lipinski definition) is 2. The van der Waals surface area contributed by atoms with E-state index in [4.69, 9.17) is 15.6 Å². The van der Waals surface area contributed by atoms with Crippen molar-refractivity contribution in [3.63, 3.8) is 0 Å². The number of aliphatic imine (C=N–C) groups is 1. The number of aliphatic hydroxyl groups excluding tert-OH is 1. The minimum absolute atomic E-state index is 0. The summed E-state index contributed by atoms with van der Waals surface area (Å²) in [5.41, 5.74) is 7.90. The number of rotatable bonds is 6. The number of aliphatic hydroxyl groups is 1. The highest BCUT2D eigenvalue weighted by Crippen LogP contribution is 2.13. The van der Waals surface area contributed by atoms with Gasteiger partial charge in [0.15, 0.2) is 5.17 Å². The molecule has 0 amide bonds. The number of nitrogens with two attached hydrogens (primary N) is 1. The molecule has 0 aliphatic carbocycles. The zero-order valence-electron chi connectivity index (χ0n) is 11.2. The van der Waals surface area contributed by atoms with E-state index in [1.165, 1.54) is 11.8 Å². The number of nitrogens with zero attached hydrogens (tertiary/aromatic N) is 1. The highest BCUT2D eigenvalue weighted by atomic mass is 35.5. The Morgan fingerprint density at radius 1 is 1.37 bits per heavy atom. The second-order valence-electron chi connectivity index (χ2n) is 4.03. The summed E-state index contributed by atoms with van der Waals surface area (Å²) in [4.78, 5) is 4.31. The molecule has 0 aromatic heterocycles. The van der Waals surface area contributed by atoms with Gasteiger partial charge in [0, 0.05) is 12.9 Å². The summed E-state index contributed by atoms with van der Waals surface area (Å²) in [6.45, 7) is 2.62. The van der Waals surface area contributed by atoms with Crippen molar-refractivity contribution in [2.45, 2.75) is 25.3 Å². The molecule has 1 rings (SSSR count). The summed E-state index contributed by atoms with van der Waals surface area (Å²) in [5.74, 6) is 0.779. The fourth-order valence-corrected chi connectivity index (χ4v) is 2.19. The molecule has 0 spiro atoms. The number of ether oxygens (including phenoxy) is 1. The first kappa shape index (κ1) is 18.2. The number of methoxy groups -OCH3 is 1. The van der Waals surface area contributed by atoms with Crippen molar-refractivity contribution in [1.29, 1.82) is 0 Å². The maximum Gasteiger partial charge on any atom is 0.154 e. The predicted octanol–water partition coefficient (Wildman–Crippen LogP) is 2.18. The Bertz CT molecular complexity index is 385. The minimum atomic E-state index is 0. The molecule has 3 N–H and O–H groups in total. The van der Waals surface area contributed by atoms with Gasteiger partial charge in [0.2, 0.25) is 0 Å². The number of hydrogen-bond acceptors (Lipinski definition) is 4. The lowest BCUT2D eigenvalue weighted by molar-refractivity contribution is 0.186. The molecule has 0 aliphatic heterocycles. The van der Waals surface area contributed by atoms with Gasteiger partial charge >= 0.3 is 0 Å². The summed E-state index contributed by atoms with van der Waals surface area (Å²) < 4.78 is 5.00. The molecule has 0 aliphatic rings. The third kappa shape index (κ3) is 7.42. The molecule has 0 heterocycles. The summed E-state index contributed by atoms with van der Waals surface area (Å²) in [6.07, 6.45) is 0. The summed E-state index contributed by atoms with van der Waals surface area (Å²) in [7, 11) is 1.65. The molecular formula is C13H21ClN2O2S. The van der Waals surface area contributed by atoms with Gasteiger partial charge in [0.1, 0.15) is 0 Å². The molecule has 1 aromatic carbocycles. The third-order valence-corrected chi connectivity index (χ3v) is 3.23. The fourth-order valence-electron chi connectivity index (χ4n) is 1.43. The second kappa shape index (κ2) is 10.1. The van der Waals surface area contributed by atoms with E-state index >= 15 is 0 Å². The van der Waals surface area contributed by atoms with Gasteiger partial charge in [0.05, 0.1) is 19.3 Å². The van der Waals surface area contributed by atoms with E-state index in [0.29, 0.717) is 11.8 Å². The van der Waals surface area contributed by atoms with Crippen LogP contribution in [0.25, 0.3) is 0 Å². The molecule has 1 aromatic rings. The topological polar surface area (TPSA) is 67.8 Å². The minimum Gasteiger partial charge on any atom is -0.392 e. The number of halogens is 1. The Balaban J connectivity index is 0.00000324. The van der Waals surface area contributed by atoms with E-state index < -0.39 is 0 Å². The Morgan fingerprint density at radius 3 is 2.47 bits per heavy atom. The summed E-state index contributed by atoms with van der Waals surface area (Å²) >= 11 is 1.51. The van der Waals surface area contributed by atoms with Crippen LogP contribution in [0.4, 0.5) is 0 Å². The van der Waals surface area contributed by atoms with E-state index in [1.807, 2.05) is 31.2 Å². The normalized spacial score (nSPS) is 12.9.